The largest absolute Gasteiger partial charge is 0.721 e. The highest BCUT2D eigenvalue weighted by Gasteiger charge is 2.40. The SMILES string of the molecule is [O-]O[C@@H]1C[C@@H](OCc2ccccc2)[C@H](OCc2ccccc2)[C@H](COCc2ccccc2)O1. The van der Waals surface area contributed by atoms with Crippen LogP contribution in [-0.2, 0) is 43.7 Å². The minimum atomic E-state index is -0.923. The molecule has 1 fully saturated rings. The van der Waals surface area contributed by atoms with E-state index < -0.39 is 18.5 Å². The summed E-state index contributed by atoms with van der Waals surface area (Å²) in [6, 6.07) is 29.7. The van der Waals surface area contributed by atoms with Crippen LogP contribution in [0.4, 0.5) is 0 Å². The molecule has 4 rings (SSSR count). The van der Waals surface area contributed by atoms with Gasteiger partial charge in [-0.15, -0.1) is 0 Å². The van der Waals surface area contributed by atoms with E-state index in [9.17, 15) is 5.26 Å². The quantitative estimate of drug-likeness (QED) is 0.328. The average Bonchev–Trinajstić information content (AvgIpc) is 2.88. The molecule has 1 aliphatic heterocycles. The molecule has 0 N–H and O–H groups in total. The summed E-state index contributed by atoms with van der Waals surface area (Å²) in [5.41, 5.74) is 3.15. The van der Waals surface area contributed by atoms with E-state index in [0.717, 1.165) is 16.7 Å². The van der Waals surface area contributed by atoms with Crippen molar-refractivity contribution >= 4 is 0 Å². The van der Waals surface area contributed by atoms with Gasteiger partial charge in [-0.2, -0.15) is 0 Å². The van der Waals surface area contributed by atoms with E-state index in [1.807, 2.05) is 91.0 Å². The van der Waals surface area contributed by atoms with Crippen molar-refractivity contribution in [1.29, 1.82) is 0 Å². The first-order chi connectivity index (χ1) is 16.3. The van der Waals surface area contributed by atoms with Gasteiger partial charge in [-0.3, -0.25) is 0 Å². The van der Waals surface area contributed by atoms with E-state index in [4.69, 9.17) is 18.9 Å². The zero-order valence-electron chi connectivity index (χ0n) is 18.5. The van der Waals surface area contributed by atoms with Crippen LogP contribution in [0.25, 0.3) is 0 Å². The molecule has 3 aromatic rings. The Hall–Kier alpha value is -2.58. The molecular weight excluding hydrogens is 420 g/mol. The first-order valence-corrected chi connectivity index (χ1v) is 11.2. The smallest absolute Gasteiger partial charge is 0.151 e. The molecule has 0 aliphatic carbocycles. The molecule has 1 heterocycles. The van der Waals surface area contributed by atoms with Crippen LogP contribution in [0.1, 0.15) is 23.1 Å². The molecule has 0 spiro atoms. The molecule has 1 aliphatic rings. The molecule has 4 atom stereocenters. The molecular formula is C27H29O6-. The fraction of sp³-hybridized carbons (Fsp3) is 0.333. The molecule has 0 saturated carbocycles. The minimum absolute atomic E-state index is 0.249. The van der Waals surface area contributed by atoms with Gasteiger partial charge in [0, 0.05) is 6.42 Å². The van der Waals surface area contributed by atoms with Crippen LogP contribution >= 0.6 is 0 Å². The molecule has 1 saturated heterocycles. The number of ether oxygens (including phenoxy) is 4. The molecule has 0 aromatic heterocycles. The molecule has 0 amide bonds. The van der Waals surface area contributed by atoms with Crippen molar-refractivity contribution < 1.29 is 29.1 Å². The Labute approximate surface area is 194 Å². The van der Waals surface area contributed by atoms with Crippen molar-refractivity contribution in [3.8, 4) is 0 Å². The number of rotatable bonds is 11. The van der Waals surface area contributed by atoms with Crippen molar-refractivity contribution in [2.45, 2.75) is 50.8 Å². The predicted octanol–water partition coefficient (Wildman–Crippen LogP) is 3.78. The summed E-state index contributed by atoms with van der Waals surface area (Å²) in [5.74, 6) is 0. The third kappa shape index (κ3) is 7.20. The lowest BCUT2D eigenvalue weighted by Crippen LogP contribution is -2.53. The maximum absolute atomic E-state index is 11.3. The Morgan fingerprint density at radius 1 is 0.697 bits per heavy atom. The Morgan fingerprint density at radius 3 is 1.76 bits per heavy atom. The van der Waals surface area contributed by atoms with Gasteiger partial charge in [-0.05, 0) is 16.7 Å². The number of hydrogen-bond donors (Lipinski definition) is 0. The third-order valence-electron chi connectivity index (χ3n) is 5.58. The third-order valence-corrected chi connectivity index (χ3v) is 5.58. The minimum Gasteiger partial charge on any atom is -0.721 e. The summed E-state index contributed by atoms with van der Waals surface area (Å²) in [6.45, 7) is 1.49. The fourth-order valence-corrected chi connectivity index (χ4v) is 3.88. The maximum atomic E-state index is 11.3. The van der Waals surface area contributed by atoms with Gasteiger partial charge in [-0.25, -0.2) is 0 Å². The van der Waals surface area contributed by atoms with Crippen molar-refractivity contribution in [3.05, 3.63) is 108 Å². The Morgan fingerprint density at radius 2 is 1.21 bits per heavy atom. The fourth-order valence-electron chi connectivity index (χ4n) is 3.88. The van der Waals surface area contributed by atoms with Crippen LogP contribution in [0.2, 0.25) is 0 Å². The van der Waals surface area contributed by atoms with Crippen LogP contribution in [0.15, 0.2) is 91.0 Å². The Balaban J connectivity index is 1.44. The van der Waals surface area contributed by atoms with E-state index >= 15 is 0 Å². The van der Waals surface area contributed by atoms with Crippen LogP contribution in [0, 0.1) is 0 Å². The molecule has 6 nitrogen and oxygen atoms in total. The molecule has 174 valence electrons. The second kappa shape index (κ2) is 12.6. The van der Waals surface area contributed by atoms with Gasteiger partial charge in [0.2, 0.25) is 0 Å². The molecule has 0 bridgehead atoms. The summed E-state index contributed by atoms with van der Waals surface area (Å²) in [7, 11) is 0. The summed E-state index contributed by atoms with van der Waals surface area (Å²) in [4.78, 5) is 4.32. The van der Waals surface area contributed by atoms with Crippen molar-refractivity contribution in [2.75, 3.05) is 6.61 Å². The summed E-state index contributed by atoms with van der Waals surface area (Å²) in [6.07, 6.45) is -1.95. The van der Waals surface area contributed by atoms with Crippen molar-refractivity contribution in [2.24, 2.45) is 0 Å². The first kappa shape index (κ1) is 23.6. The zero-order valence-corrected chi connectivity index (χ0v) is 18.5. The highest BCUT2D eigenvalue weighted by molar-refractivity contribution is 5.15. The molecule has 33 heavy (non-hydrogen) atoms. The molecule has 3 aromatic carbocycles. The second-order valence-electron chi connectivity index (χ2n) is 8.03. The second-order valence-corrected chi connectivity index (χ2v) is 8.03. The van der Waals surface area contributed by atoms with Crippen LogP contribution in [0.3, 0.4) is 0 Å². The van der Waals surface area contributed by atoms with E-state index in [-0.39, 0.29) is 19.1 Å². The van der Waals surface area contributed by atoms with Crippen molar-refractivity contribution in [3.63, 3.8) is 0 Å². The normalized spacial score (nSPS) is 22.8. The van der Waals surface area contributed by atoms with Gasteiger partial charge in [-0.1, -0.05) is 91.0 Å². The summed E-state index contributed by atoms with van der Waals surface area (Å²) < 4.78 is 24.3. The molecule has 6 heteroatoms. The topological polar surface area (TPSA) is 69.2 Å². The molecule has 0 unspecified atom stereocenters. The van der Waals surface area contributed by atoms with Gasteiger partial charge in [0.25, 0.3) is 0 Å². The van der Waals surface area contributed by atoms with E-state index in [0.29, 0.717) is 19.8 Å². The summed E-state index contributed by atoms with van der Waals surface area (Å²) in [5, 5.41) is 11.3. The average molecular weight is 450 g/mol. The van der Waals surface area contributed by atoms with Crippen LogP contribution in [-0.4, -0.2) is 31.2 Å². The van der Waals surface area contributed by atoms with Gasteiger partial charge in [0.15, 0.2) is 6.29 Å². The highest BCUT2D eigenvalue weighted by Crippen LogP contribution is 2.28. The van der Waals surface area contributed by atoms with Crippen LogP contribution < -0.4 is 5.26 Å². The Kier molecular flexibility index (Phi) is 9.00. The standard InChI is InChI=1S/C27H30O6/c28-33-26-16-24(30-18-22-12-6-2-7-13-22)27(31-19-23-14-8-3-9-15-23)25(32-26)20-29-17-21-10-4-1-5-11-21/h1-15,24-28H,16-20H2/p-1/t24-,25+,26-,27+/m1/s1. The van der Waals surface area contributed by atoms with E-state index in [1.165, 1.54) is 0 Å². The van der Waals surface area contributed by atoms with E-state index in [2.05, 4.69) is 4.89 Å². The summed E-state index contributed by atoms with van der Waals surface area (Å²) >= 11 is 0. The van der Waals surface area contributed by atoms with Gasteiger partial charge in [0.05, 0.1) is 32.5 Å². The Bertz CT molecular complexity index is 921. The lowest BCUT2D eigenvalue weighted by Gasteiger charge is -2.42. The van der Waals surface area contributed by atoms with Gasteiger partial charge >= 0.3 is 0 Å². The predicted molar refractivity (Wildman–Crippen MR) is 120 cm³/mol. The van der Waals surface area contributed by atoms with Crippen molar-refractivity contribution in [1.82, 2.24) is 0 Å². The number of benzene rings is 3. The lowest BCUT2D eigenvalue weighted by atomic mass is 10.0. The lowest BCUT2D eigenvalue weighted by molar-refractivity contribution is -0.722. The van der Waals surface area contributed by atoms with Gasteiger partial charge in [0.1, 0.15) is 12.2 Å². The van der Waals surface area contributed by atoms with E-state index in [1.54, 1.807) is 0 Å². The first-order valence-electron chi connectivity index (χ1n) is 11.2. The number of hydrogen-bond acceptors (Lipinski definition) is 6. The zero-order chi connectivity index (χ0) is 22.7. The molecule has 0 radical (unpaired) electrons. The van der Waals surface area contributed by atoms with Crippen LogP contribution in [0.5, 0.6) is 0 Å². The van der Waals surface area contributed by atoms with Gasteiger partial charge < -0.3 is 29.1 Å². The highest BCUT2D eigenvalue weighted by atomic mass is 17.1. The maximum Gasteiger partial charge on any atom is 0.151 e. The monoisotopic (exact) mass is 449 g/mol.